The predicted molar refractivity (Wildman–Crippen MR) is 125 cm³/mol. The average molecular weight is 459 g/mol. The van der Waals surface area contributed by atoms with Crippen LogP contribution in [0.1, 0.15) is 28.2 Å². The van der Waals surface area contributed by atoms with Crippen molar-refractivity contribution in [2.75, 3.05) is 13.7 Å². The molecule has 1 aliphatic rings. The second-order valence-electron chi connectivity index (χ2n) is 8.14. The minimum absolute atomic E-state index is 0.0501. The molecule has 2 N–H and O–H groups in total. The molecule has 0 spiro atoms. The number of benzene rings is 3. The summed E-state index contributed by atoms with van der Waals surface area (Å²) in [5.41, 5.74) is 5.76. The Balaban J connectivity index is 1.40. The lowest BCUT2D eigenvalue weighted by atomic mass is 9.98. The highest BCUT2D eigenvalue weighted by Crippen LogP contribution is 2.44. The largest absolute Gasteiger partial charge is 0.480 e. The maximum absolute atomic E-state index is 12.5. The van der Waals surface area contributed by atoms with Crippen LogP contribution in [-0.4, -0.2) is 42.9 Å². The van der Waals surface area contributed by atoms with Gasteiger partial charge < -0.3 is 19.9 Å². The number of carboxylic acid groups (broad SMARTS) is 1. The number of amides is 1. The Kier molecular flexibility index (Phi) is 6.92. The molecule has 0 aliphatic heterocycles. The summed E-state index contributed by atoms with van der Waals surface area (Å²) in [6.45, 7) is 0.0980. The van der Waals surface area contributed by atoms with Crippen molar-refractivity contribution in [2.24, 2.45) is 0 Å². The minimum Gasteiger partial charge on any atom is -0.480 e. The molecular formula is C27H25NO6. The van der Waals surface area contributed by atoms with Crippen LogP contribution < -0.4 is 5.32 Å². The number of carbonyl (C=O) groups excluding carboxylic acids is 2. The maximum Gasteiger partial charge on any atom is 0.407 e. The Bertz CT molecular complexity index is 1180. The first-order valence-electron chi connectivity index (χ1n) is 10.9. The van der Waals surface area contributed by atoms with Crippen LogP contribution in [-0.2, 0) is 31.9 Å². The van der Waals surface area contributed by atoms with Gasteiger partial charge in [-0.2, -0.15) is 0 Å². The number of hydrogen-bond donors (Lipinski definition) is 2. The van der Waals surface area contributed by atoms with Gasteiger partial charge in [-0.3, -0.25) is 4.79 Å². The van der Waals surface area contributed by atoms with Crippen molar-refractivity contribution >= 4 is 18.0 Å². The Labute approximate surface area is 197 Å². The van der Waals surface area contributed by atoms with Crippen LogP contribution in [0.25, 0.3) is 11.1 Å². The van der Waals surface area contributed by atoms with Crippen LogP contribution >= 0.6 is 0 Å². The number of hydrogen-bond acceptors (Lipinski definition) is 5. The molecule has 0 saturated carbocycles. The van der Waals surface area contributed by atoms with Crippen LogP contribution in [0.5, 0.6) is 0 Å². The number of carbonyl (C=O) groups is 3. The maximum atomic E-state index is 12.5. The van der Waals surface area contributed by atoms with Crippen molar-refractivity contribution in [1.82, 2.24) is 5.32 Å². The summed E-state index contributed by atoms with van der Waals surface area (Å²) in [7, 11) is 1.31. The first-order valence-corrected chi connectivity index (χ1v) is 10.9. The smallest absolute Gasteiger partial charge is 0.407 e. The summed E-state index contributed by atoms with van der Waals surface area (Å²) in [6.07, 6.45) is -0.656. The van der Waals surface area contributed by atoms with Gasteiger partial charge in [0, 0.05) is 12.3 Å². The van der Waals surface area contributed by atoms with Crippen molar-refractivity contribution in [3.05, 3.63) is 95.1 Å². The summed E-state index contributed by atoms with van der Waals surface area (Å²) < 4.78 is 10.1. The molecule has 1 atom stereocenters. The first kappa shape index (κ1) is 23.0. The van der Waals surface area contributed by atoms with Crippen molar-refractivity contribution in [3.8, 4) is 11.1 Å². The van der Waals surface area contributed by atoms with Gasteiger partial charge in [0.2, 0.25) is 0 Å². The number of nitrogens with one attached hydrogen (secondary N) is 1. The highest BCUT2D eigenvalue weighted by Gasteiger charge is 2.29. The van der Waals surface area contributed by atoms with E-state index in [-0.39, 0.29) is 31.3 Å². The van der Waals surface area contributed by atoms with Gasteiger partial charge >= 0.3 is 18.0 Å². The molecule has 0 fully saturated rings. The monoisotopic (exact) mass is 459 g/mol. The second-order valence-corrected chi connectivity index (χ2v) is 8.14. The average Bonchev–Trinajstić information content (AvgIpc) is 3.16. The number of alkyl carbamates (subject to hydrolysis) is 1. The van der Waals surface area contributed by atoms with E-state index in [4.69, 9.17) is 4.74 Å². The quantitative estimate of drug-likeness (QED) is 0.495. The number of rotatable bonds is 8. The van der Waals surface area contributed by atoms with E-state index in [1.54, 1.807) is 24.3 Å². The van der Waals surface area contributed by atoms with Gasteiger partial charge in [-0.05, 0) is 33.4 Å². The van der Waals surface area contributed by atoms with E-state index in [2.05, 4.69) is 10.1 Å². The molecule has 34 heavy (non-hydrogen) atoms. The second kappa shape index (κ2) is 10.2. The number of carboxylic acids is 1. The van der Waals surface area contributed by atoms with Crippen molar-refractivity contribution in [1.29, 1.82) is 0 Å². The molecule has 0 saturated heterocycles. The number of ether oxygens (including phenoxy) is 2. The lowest BCUT2D eigenvalue weighted by Crippen LogP contribution is -2.42. The molecule has 0 aromatic heterocycles. The fourth-order valence-electron chi connectivity index (χ4n) is 4.32. The summed E-state index contributed by atoms with van der Waals surface area (Å²) in [4.78, 5) is 35.8. The summed E-state index contributed by atoms with van der Waals surface area (Å²) >= 11 is 0. The first-order chi connectivity index (χ1) is 16.5. The number of methoxy groups -OCH3 is 1. The molecular weight excluding hydrogens is 434 g/mol. The highest BCUT2D eigenvalue weighted by atomic mass is 16.5. The normalized spacial score (nSPS) is 12.9. The fourth-order valence-corrected chi connectivity index (χ4v) is 4.32. The third-order valence-electron chi connectivity index (χ3n) is 5.94. The molecule has 0 heterocycles. The zero-order valence-corrected chi connectivity index (χ0v) is 18.7. The topological polar surface area (TPSA) is 102 Å². The standard InChI is InChI=1S/C27H25NO6/c1-33-25(29)15-18-8-6-7-17(13-18)14-24(26(30)31)28-27(32)34-16-23-21-11-4-2-9-19(21)20-10-3-5-12-22(20)23/h2-13,23-24H,14-16H2,1H3,(H,28,32)(H,30,31)/t24-/m0/s1. The zero-order chi connectivity index (χ0) is 24.1. The number of esters is 1. The Morgan fingerprint density at radius 2 is 1.53 bits per heavy atom. The van der Waals surface area contributed by atoms with Crippen molar-refractivity contribution in [3.63, 3.8) is 0 Å². The van der Waals surface area contributed by atoms with E-state index in [1.165, 1.54) is 7.11 Å². The number of fused-ring (bicyclic) bond motifs is 3. The Hall–Kier alpha value is -4.13. The van der Waals surface area contributed by atoms with Gasteiger partial charge in [0.15, 0.2) is 0 Å². The molecule has 3 aromatic carbocycles. The van der Waals surface area contributed by atoms with Crippen LogP contribution in [0.3, 0.4) is 0 Å². The molecule has 0 unspecified atom stereocenters. The zero-order valence-electron chi connectivity index (χ0n) is 18.7. The van der Waals surface area contributed by atoms with Gasteiger partial charge in [-0.25, -0.2) is 9.59 Å². The summed E-state index contributed by atoms with van der Waals surface area (Å²) in [5.74, 6) is -1.67. The molecule has 1 amide bonds. The SMILES string of the molecule is COC(=O)Cc1cccc(C[C@H](NC(=O)OCC2c3ccccc3-c3ccccc32)C(=O)O)c1. The molecule has 0 bridgehead atoms. The Morgan fingerprint density at radius 1 is 0.912 bits per heavy atom. The van der Waals surface area contributed by atoms with Crippen LogP contribution in [0.2, 0.25) is 0 Å². The molecule has 0 radical (unpaired) electrons. The van der Waals surface area contributed by atoms with E-state index >= 15 is 0 Å². The van der Waals surface area contributed by atoms with Crippen LogP contribution in [0.15, 0.2) is 72.8 Å². The lowest BCUT2D eigenvalue weighted by Gasteiger charge is -2.18. The van der Waals surface area contributed by atoms with Gasteiger partial charge in [0.25, 0.3) is 0 Å². The fraction of sp³-hybridized carbons (Fsp3) is 0.222. The van der Waals surface area contributed by atoms with E-state index in [9.17, 15) is 19.5 Å². The van der Waals surface area contributed by atoms with Crippen LogP contribution in [0.4, 0.5) is 4.79 Å². The predicted octanol–water partition coefficient (Wildman–Crippen LogP) is 3.94. The van der Waals surface area contributed by atoms with Crippen LogP contribution in [0, 0.1) is 0 Å². The summed E-state index contributed by atoms with van der Waals surface area (Å²) in [5, 5.41) is 12.1. The van der Waals surface area contributed by atoms with Gasteiger partial charge in [-0.1, -0.05) is 72.8 Å². The number of aliphatic carboxylic acids is 1. The molecule has 4 rings (SSSR count). The molecule has 3 aromatic rings. The third-order valence-corrected chi connectivity index (χ3v) is 5.94. The Morgan fingerprint density at radius 3 is 2.15 bits per heavy atom. The van der Waals surface area contributed by atoms with Crippen molar-refractivity contribution < 1.29 is 29.0 Å². The van der Waals surface area contributed by atoms with E-state index in [0.29, 0.717) is 11.1 Å². The van der Waals surface area contributed by atoms with E-state index in [1.807, 2.05) is 48.5 Å². The minimum atomic E-state index is -1.18. The summed E-state index contributed by atoms with van der Waals surface area (Å²) in [6, 6.07) is 21.8. The third kappa shape index (κ3) is 5.09. The van der Waals surface area contributed by atoms with Gasteiger partial charge in [-0.15, -0.1) is 0 Å². The molecule has 7 nitrogen and oxygen atoms in total. The molecule has 174 valence electrons. The van der Waals surface area contributed by atoms with Gasteiger partial charge in [0.05, 0.1) is 13.5 Å². The lowest BCUT2D eigenvalue weighted by molar-refractivity contribution is -0.140. The van der Waals surface area contributed by atoms with Gasteiger partial charge in [0.1, 0.15) is 12.6 Å². The van der Waals surface area contributed by atoms with E-state index < -0.39 is 18.1 Å². The van der Waals surface area contributed by atoms with E-state index in [0.717, 1.165) is 22.3 Å². The molecule has 7 heteroatoms. The van der Waals surface area contributed by atoms with Crippen molar-refractivity contribution in [2.45, 2.75) is 24.8 Å². The highest BCUT2D eigenvalue weighted by molar-refractivity contribution is 5.81. The molecule has 1 aliphatic carbocycles.